The number of rotatable bonds is 2. The molecule has 2 N–H and O–H groups in total. The van der Waals surface area contributed by atoms with Gasteiger partial charge in [-0.2, -0.15) is 0 Å². The molecule has 2 rings (SSSR count). The van der Waals surface area contributed by atoms with Crippen molar-refractivity contribution in [3.8, 4) is 0 Å². The second kappa shape index (κ2) is 3.70. The van der Waals surface area contributed by atoms with E-state index < -0.39 is 0 Å². The minimum absolute atomic E-state index is 0.101. The fourth-order valence-corrected chi connectivity index (χ4v) is 2.07. The van der Waals surface area contributed by atoms with Crippen LogP contribution in [0.1, 0.15) is 36.4 Å². The lowest BCUT2D eigenvalue weighted by Crippen LogP contribution is -2.27. The molecule has 1 unspecified atom stereocenters. The maximum atomic E-state index is 12.9. The van der Waals surface area contributed by atoms with E-state index in [1.807, 2.05) is 13.0 Å². The van der Waals surface area contributed by atoms with Crippen LogP contribution >= 0.6 is 0 Å². The van der Waals surface area contributed by atoms with E-state index in [2.05, 4.69) is 0 Å². The van der Waals surface area contributed by atoms with Crippen LogP contribution in [0.5, 0.6) is 0 Å². The van der Waals surface area contributed by atoms with Crippen LogP contribution in [0.3, 0.4) is 0 Å². The summed E-state index contributed by atoms with van der Waals surface area (Å²) in [6.45, 7) is 1.93. The SMILES string of the molecule is Cc1cc(F)ccc1C(N)C1CCC1. The molecular formula is C12H16FN. The minimum Gasteiger partial charge on any atom is -0.324 e. The van der Waals surface area contributed by atoms with E-state index in [4.69, 9.17) is 5.73 Å². The third-order valence-corrected chi connectivity index (χ3v) is 3.25. The van der Waals surface area contributed by atoms with Gasteiger partial charge in [-0.05, 0) is 48.9 Å². The lowest BCUT2D eigenvalue weighted by atomic mass is 9.77. The Morgan fingerprint density at radius 2 is 2.14 bits per heavy atom. The van der Waals surface area contributed by atoms with Crippen LogP contribution < -0.4 is 5.73 Å². The Balaban J connectivity index is 2.22. The molecule has 1 fully saturated rings. The zero-order chi connectivity index (χ0) is 10.1. The van der Waals surface area contributed by atoms with E-state index in [0.29, 0.717) is 5.92 Å². The van der Waals surface area contributed by atoms with E-state index in [1.165, 1.54) is 25.3 Å². The van der Waals surface area contributed by atoms with E-state index in [0.717, 1.165) is 11.1 Å². The average Bonchev–Trinajstić information content (AvgIpc) is 2.00. The number of hydrogen-bond donors (Lipinski definition) is 1. The molecule has 1 nitrogen and oxygen atoms in total. The van der Waals surface area contributed by atoms with E-state index in [1.54, 1.807) is 6.07 Å². The van der Waals surface area contributed by atoms with Gasteiger partial charge in [-0.1, -0.05) is 12.5 Å². The first-order valence-electron chi connectivity index (χ1n) is 5.20. The number of halogens is 1. The van der Waals surface area contributed by atoms with Crippen molar-refractivity contribution in [3.05, 3.63) is 35.1 Å². The maximum Gasteiger partial charge on any atom is 0.123 e. The van der Waals surface area contributed by atoms with Gasteiger partial charge in [0, 0.05) is 6.04 Å². The van der Waals surface area contributed by atoms with Crippen molar-refractivity contribution in [2.45, 2.75) is 32.2 Å². The Morgan fingerprint density at radius 3 is 2.64 bits per heavy atom. The highest BCUT2D eigenvalue weighted by atomic mass is 19.1. The number of aryl methyl sites for hydroxylation is 1. The van der Waals surface area contributed by atoms with Crippen LogP contribution in [-0.4, -0.2) is 0 Å². The van der Waals surface area contributed by atoms with Crippen molar-refractivity contribution >= 4 is 0 Å². The molecule has 1 atom stereocenters. The maximum absolute atomic E-state index is 12.9. The van der Waals surface area contributed by atoms with Crippen molar-refractivity contribution in [1.29, 1.82) is 0 Å². The third kappa shape index (κ3) is 1.67. The first kappa shape index (κ1) is 9.66. The summed E-state index contributed by atoms with van der Waals surface area (Å²) >= 11 is 0. The first-order chi connectivity index (χ1) is 6.68. The molecule has 1 aliphatic rings. The number of nitrogens with two attached hydrogens (primary N) is 1. The van der Waals surface area contributed by atoms with Crippen molar-refractivity contribution in [1.82, 2.24) is 0 Å². The van der Waals surface area contributed by atoms with E-state index in [-0.39, 0.29) is 11.9 Å². The summed E-state index contributed by atoms with van der Waals surface area (Å²) in [5.41, 5.74) is 8.21. The summed E-state index contributed by atoms with van der Waals surface area (Å²) in [5.74, 6) is 0.436. The second-order valence-electron chi connectivity index (χ2n) is 4.22. The molecule has 1 aliphatic carbocycles. The Kier molecular flexibility index (Phi) is 2.55. The van der Waals surface area contributed by atoms with Crippen LogP contribution in [0.4, 0.5) is 4.39 Å². The molecule has 76 valence electrons. The van der Waals surface area contributed by atoms with Crippen LogP contribution in [0.15, 0.2) is 18.2 Å². The summed E-state index contributed by atoms with van der Waals surface area (Å²) in [6, 6.07) is 4.99. The van der Waals surface area contributed by atoms with Gasteiger partial charge in [-0.3, -0.25) is 0 Å². The predicted molar refractivity (Wildman–Crippen MR) is 55.4 cm³/mol. The Labute approximate surface area is 84.1 Å². The summed E-state index contributed by atoms with van der Waals surface area (Å²) < 4.78 is 12.9. The van der Waals surface area contributed by atoms with E-state index in [9.17, 15) is 4.39 Å². The monoisotopic (exact) mass is 193 g/mol. The molecule has 0 aliphatic heterocycles. The van der Waals surface area contributed by atoms with Crippen molar-refractivity contribution in [2.75, 3.05) is 0 Å². The van der Waals surface area contributed by atoms with Gasteiger partial charge in [0.2, 0.25) is 0 Å². The summed E-state index contributed by atoms with van der Waals surface area (Å²) in [6.07, 6.45) is 3.73. The smallest absolute Gasteiger partial charge is 0.123 e. The van der Waals surface area contributed by atoms with Gasteiger partial charge in [0.15, 0.2) is 0 Å². The van der Waals surface area contributed by atoms with Crippen molar-refractivity contribution < 1.29 is 4.39 Å². The van der Waals surface area contributed by atoms with Gasteiger partial charge < -0.3 is 5.73 Å². The van der Waals surface area contributed by atoms with Crippen LogP contribution in [-0.2, 0) is 0 Å². The van der Waals surface area contributed by atoms with Gasteiger partial charge in [-0.25, -0.2) is 4.39 Å². The minimum atomic E-state index is -0.174. The standard InChI is InChI=1S/C12H16FN/c1-8-7-10(13)5-6-11(8)12(14)9-3-2-4-9/h5-7,9,12H,2-4,14H2,1H3. The molecule has 1 saturated carbocycles. The highest BCUT2D eigenvalue weighted by Crippen LogP contribution is 2.37. The van der Waals surface area contributed by atoms with Gasteiger partial charge >= 0.3 is 0 Å². The van der Waals surface area contributed by atoms with Gasteiger partial charge in [0.05, 0.1) is 0 Å². The fraction of sp³-hybridized carbons (Fsp3) is 0.500. The highest BCUT2D eigenvalue weighted by Gasteiger charge is 2.26. The van der Waals surface area contributed by atoms with Crippen LogP contribution in [0, 0.1) is 18.7 Å². The van der Waals surface area contributed by atoms with Gasteiger partial charge in [0.25, 0.3) is 0 Å². The largest absolute Gasteiger partial charge is 0.324 e. The fourth-order valence-electron chi connectivity index (χ4n) is 2.07. The molecule has 0 radical (unpaired) electrons. The zero-order valence-electron chi connectivity index (χ0n) is 8.46. The average molecular weight is 193 g/mol. The molecule has 0 saturated heterocycles. The topological polar surface area (TPSA) is 26.0 Å². The normalized spacial score (nSPS) is 19.1. The van der Waals surface area contributed by atoms with Crippen molar-refractivity contribution in [3.63, 3.8) is 0 Å². The van der Waals surface area contributed by atoms with Gasteiger partial charge in [-0.15, -0.1) is 0 Å². The Bertz CT molecular complexity index is 331. The molecule has 0 bridgehead atoms. The second-order valence-corrected chi connectivity index (χ2v) is 4.22. The summed E-state index contributed by atoms with van der Waals surface area (Å²) in [5, 5.41) is 0. The number of benzene rings is 1. The third-order valence-electron chi connectivity index (χ3n) is 3.25. The first-order valence-corrected chi connectivity index (χ1v) is 5.20. The molecule has 0 heterocycles. The molecule has 1 aromatic carbocycles. The van der Waals surface area contributed by atoms with Crippen LogP contribution in [0.2, 0.25) is 0 Å². The highest BCUT2D eigenvalue weighted by molar-refractivity contribution is 5.30. The van der Waals surface area contributed by atoms with Gasteiger partial charge in [0.1, 0.15) is 5.82 Å². The lowest BCUT2D eigenvalue weighted by Gasteiger charge is -2.32. The summed E-state index contributed by atoms with van der Waals surface area (Å²) in [7, 11) is 0. The molecule has 2 heteroatoms. The molecule has 0 aromatic heterocycles. The Morgan fingerprint density at radius 1 is 1.43 bits per heavy atom. The van der Waals surface area contributed by atoms with Crippen LogP contribution in [0.25, 0.3) is 0 Å². The Hall–Kier alpha value is -0.890. The molecule has 0 amide bonds. The predicted octanol–water partition coefficient (Wildman–Crippen LogP) is 2.93. The molecule has 1 aromatic rings. The number of hydrogen-bond acceptors (Lipinski definition) is 1. The lowest BCUT2D eigenvalue weighted by molar-refractivity contribution is 0.264. The molecular weight excluding hydrogens is 177 g/mol. The molecule has 14 heavy (non-hydrogen) atoms. The molecule has 0 spiro atoms. The zero-order valence-corrected chi connectivity index (χ0v) is 8.46. The summed E-state index contributed by atoms with van der Waals surface area (Å²) in [4.78, 5) is 0. The van der Waals surface area contributed by atoms with E-state index >= 15 is 0 Å². The quantitative estimate of drug-likeness (QED) is 0.767. The van der Waals surface area contributed by atoms with Crippen molar-refractivity contribution in [2.24, 2.45) is 11.7 Å².